The number of hydrogen-bond donors (Lipinski definition) is 1. The van der Waals surface area contributed by atoms with Crippen molar-refractivity contribution in [2.45, 2.75) is 36.4 Å². The first-order valence-electron chi connectivity index (χ1n) is 12.9. The van der Waals surface area contributed by atoms with Crippen molar-refractivity contribution < 1.29 is 19.4 Å². The van der Waals surface area contributed by atoms with E-state index < -0.39 is 5.60 Å². The number of carbonyl (C=O) groups is 1. The molecule has 1 aliphatic carbocycles. The Morgan fingerprint density at radius 3 is 2.32 bits per heavy atom. The first-order valence-corrected chi connectivity index (χ1v) is 12.9. The van der Waals surface area contributed by atoms with Crippen molar-refractivity contribution in [1.29, 1.82) is 0 Å². The van der Waals surface area contributed by atoms with Crippen LogP contribution in [-0.4, -0.2) is 53.0 Å². The highest BCUT2D eigenvalue weighted by molar-refractivity contribution is 5.85. The molecule has 3 aromatic carbocycles. The molecule has 7 rings (SSSR count). The molecule has 6 heteroatoms. The SMILES string of the molecule is O=C(OCC1c2ccccc2-c2ccccc21)N1C2COCC1CC(O)(c1cccc3cnccc13)C2. The van der Waals surface area contributed by atoms with E-state index in [4.69, 9.17) is 9.47 Å². The summed E-state index contributed by atoms with van der Waals surface area (Å²) in [6.45, 7) is 1.05. The Hall–Kier alpha value is -3.74. The van der Waals surface area contributed by atoms with Crippen molar-refractivity contribution >= 4 is 16.9 Å². The number of rotatable bonds is 3. The number of fused-ring (bicyclic) bond motifs is 6. The predicted molar refractivity (Wildman–Crippen MR) is 140 cm³/mol. The van der Waals surface area contributed by atoms with E-state index in [0.717, 1.165) is 16.3 Å². The summed E-state index contributed by atoms with van der Waals surface area (Å²) in [6, 6.07) is 24.1. The lowest BCUT2D eigenvalue weighted by molar-refractivity contribution is -0.136. The lowest BCUT2D eigenvalue weighted by atomic mass is 9.75. The lowest BCUT2D eigenvalue weighted by Gasteiger charge is -2.51. The first-order chi connectivity index (χ1) is 18.1. The number of ether oxygens (including phenoxy) is 2. The molecule has 4 aromatic rings. The number of aliphatic hydroxyl groups is 1. The van der Waals surface area contributed by atoms with E-state index >= 15 is 0 Å². The minimum absolute atomic E-state index is 0.0125. The molecule has 0 radical (unpaired) electrons. The van der Waals surface area contributed by atoms with E-state index in [1.54, 1.807) is 6.20 Å². The summed E-state index contributed by atoms with van der Waals surface area (Å²) in [5.74, 6) is 0.0125. The van der Waals surface area contributed by atoms with E-state index in [-0.39, 0.29) is 30.7 Å². The largest absolute Gasteiger partial charge is 0.448 e. The highest BCUT2D eigenvalue weighted by Gasteiger charge is 2.50. The van der Waals surface area contributed by atoms with Gasteiger partial charge in [0.1, 0.15) is 6.61 Å². The molecular formula is C31H28N2O4. The van der Waals surface area contributed by atoms with E-state index in [1.807, 2.05) is 59.6 Å². The number of morpholine rings is 1. The minimum Gasteiger partial charge on any atom is -0.448 e. The Labute approximate surface area is 215 Å². The number of aromatic nitrogens is 1. The van der Waals surface area contributed by atoms with Crippen LogP contribution in [0.15, 0.2) is 85.2 Å². The fraction of sp³-hybridized carbons (Fsp3) is 0.290. The fourth-order valence-corrected chi connectivity index (χ4v) is 6.69. The molecule has 1 aromatic heterocycles. The number of nitrogens with zero attached hydrogens (tertiary/aromatic N) is 2. The van der Waals surface area contributed by atoms with Gasteiger partial charge < -0.3 is 14.6 Å². The summed E-state index contributed by atoms with van der Waals surface area (Å²) in [5.41, 5.74) is 4.63. The molecule has 2 aliphatic heterocycles. The normalized spacial score (nSPS) is 24.5. The van der Waals surface area contributed by atoms with E-state index in [2.05, 4.69) is 29.2 Å². The number of benzene rings is 3. The predicted octanol–water partition coefficient (Wildman–Crippen LogP) is 5.23. The van der Waals surface area contributed by atoms with Gasteiger partial charge in [-0.25, -0.2) is 4.79 Å². The minimum atomic E-state index is -1.06. The smallest absolute Gasteiger partial charge is 0.410 e. The van der Waals surface area contributed by atoms with E-state index in [1.165, 1.54) is 22.3 Å². The molecular weight excluding hydrogens is 464 g/mol. The third kappa shape index (κ3) is 3.63. The molecule has 1 amide bonds. The van der Waals surface area contributed by atoms with Crippen LogP contribution in [0.4, 0.5) is 4.79 Å². The fourth-order valence-electron chi connectivity index (χ4n) is 6.69. The van der Waals surface area contributed by atoms with Gasteiger partial charge in [-0.3, -0.25) is 9.88 Å². The number of hydrogen-bond acceptors (Lipinski definition) is 5. The van der Waals surface area contributed by atoms with Gasteiger partial charge in [0, 0.05) is 36.5 Å². The van der Waals surface area contributed by atoms with Gasteiger partial charge in [0.2, 0.25) is 0 Å². The van der Waals surface area contributed by atoms with Gasteiger partial charge in [-0.2, -0.15) is 0 Å². The third-order valence-corrected chi connectivity index (χ3v) is 8.28. The van der Waals surface area contributed by atoms with Gasteiger partial charge in [-0.05, 0) is 39.3 Å². The van der Waals surface area contributed by atoms with Gasteiger partial charge >= 0.3 is 6.09 Å². The van der Waals surface area contributed by atoms with Crippen LogP contribution in [0.1, 0.15) is 35.4 Å². The Morgan fingerprint density at radius 2 is 1.62 bits per heavy atom. The second-order valence-electron chi connectivity index (χ2n) is 10.4. The summed E-state index contributed by atoms with van der Waals surface area (Å²) in [6.07, 6.45) is 4.04. The topological polar surface area (TPSA) is 71.9 Å². The second-order valence-corrected chi connectivity index (χ2v) is 10.4. The molecule has 2 fully saturated rings. The van der Waals surface area contributed by atoms with Crippen LogP contribution in [-0.2, 0) is 15.1 Å². The third-order valence-electron chi connectivity index (χ3n) is 8.28. The van der Waals surface area contributed by atoms with Crippen molar-refractivity contribution in [2.75, 3.05) is 19.8 Å². The van der Waals surface area contributed by atoms with Crippen molar-refractivity contribution in [3.63, 3.8) is 0 Å². The summed E-state index contributed by atoms with van der Waals surface area (Å²) in [7, 11) is 0. The Bertz CT molecular complexity index is 1440. The number of pyridine rings is 1. The average Bonchev–Trinajstić information content (AvgIpc) is 3.24. The highest BCUT2D eigenvalue weighted by Crippen LogP contribution is 2.46. The zero-order chi connectivity index (χ0) is 25.0. The summed E-state index contributed by atoms with van der Waals surface area (Å²) < 4.78 is 11.8. The molecule has 2 bridgehead atoms. The van der Waals surface area contributed by atoms with Crippen molar-refractivity contribution in [1.82, 2.24) is 9.88 Å². The van der Waals surface area contributed by atoms with Crippen LogP contribution in [0.5, 0.6) is 0 Å². The van der Waals surface area contributed by atoms with Crippen LogP contribution in [0, 0.1) is 0 Å². The van der Waals surface area contributed by atoms with Crippen LogP contribution >= 0.6 is 0 Å². The molecule has 2 unspecified atom stereocenters. The van der Waals surface area contributed by atoms with Gasteiger partial charge in [-0.15, -0.1) is 0 Å². The maximum Gasteiger partial charge on any atom is 0.410 e. The molecule has 2 atom stereocenters. The molecule has 3 aliphatic rings. The molecule has 2 saturated heterocycles. The quantitative estimate of drug-likeness (QED) is 0.424. The summed E-state index contributed by atoms with van der Waals surface area (Å²) in [4.78, 5) is 19.6. The molecule has 37 heavy (non-hydrogen) atoms. The van der Waals surface area contributed by atoms with Crippen LogP contribution < -0.4 is 0 Å². The monoisotopic (exact) mass is 492 g/mol. The molecule has 0 saturated carbocycles. The van der Waals surface area contributed by atoms with E-state index in [9.17, 15) is 9.90 Å². The van der Waals surface area contributed by atoms with Gasteiger partial charge in [-0.1, -0.05) is 66.7 Å². The van der Waals surface area contributed by atoms with Crippen LogP contribution in [0.3, 0.4) is 0 Å². The molecule has 186 valence electrons. The molecule has 0 spiro atoms. The Kier molecular flexibility index (Phi) is 5.27. The molecule has 1 N–H and O–H groups in total. The van der Waals surface area contributed by atoms with Crippen molar-refractivity contribution in [3.8, 4) is 11.1 Å². The second kappa shape index (κ2) is 8.68. The lowest BCUT2D eigenvalue weighted by Crippen LogP contribution is -2.62. The Morgan fingerprint density at radius 1 is 0.946 bits per heavy atom. The Balaban J connectivity index is 1.13. The van der Waals surface area contributed by atoms with Gasteiger partial charge in [0.15, 0.2) is 0 Å². The zero-order valence-electron chi connectivity index (χ0n) is 20.4. The first kappa shape index (κ1) is 22.5. The highest BCUT2D eigenvalue weighted by atomic mass is 16.6. The summed E-state index contributed by atoms with van der Waals surface area (Å²) in [5, 5.41) is 13.9. The van der Waals surface area contributed by atoms with Crippen LogP contribution in [0.25, 0.3) is 21.9 Å². The van der Waals surface area contributed by atoms with Crippen molar-refractivity contribution in [2.24, 2.45) is 0 Å². The average molecular weight is 493 g/mol. The molecule has 6 nitrogen and oxygen atoms in total. The number of amides is 1. The zero-order valence-corrected chi connectivity index (χ0v) is 20.4. The van der Waals surface area contributed by atoms with E-state index in [0.29, 0.717) is 26.1 Å². The number of piperidine rings is 1. The van der Waals surface area contributed by atoms with Crippen molar-refractivity contribution in [3.05, 3.63) is 102 Å². The molecule has 3 heterocycles. The van der Waals surface area contributed by atoms with Gasteiger partial charge in [0.05, 0.1) is 30.9 Å². The maximum atomic E-state index is 13.5. The standard InChI is InChI=1S/C31H28N2O4/c34-30(37-19-28-26-9-3-1-7-24(26)25-8-2-4-10-27(25)28)33-21-14-31(35,15-22(33)18-36-17-21)29-11-5-6-20-16-32-13-12-23(20)29/h1-13,16,21-22,28,35H,14-15,17-19H2. The summed E-state index contributed by atoms with van der Waals surface area (Å²) >= 11 is 0. The number of carbonyl (C=O) groups excluding carboxylic acids is 1. The van der Waals surface area contributed by atoms with Crippen LogP contribution in [0.2, 0.25) is 0 Å². The maximum absolute atomic E-state index is 13.5. The van der Waals surface area contributed by atoms with Gasteiger partial charge in [0.25, 0.3) is 0 Å².